The van der Waals surface area contributed by atoms with E-state index >= 15 is 0 Å². The Morgan fingerprint density at radius 2 is 0.962 bits per heavy atom. The quantitative estimate of drug-likeness (QED) is 0.144. The molecule has 4 aromatic carbocycles. The maximum atomic E-state index is 2.47. The highest BCUT2D eigenvalue weighted by Gasteiger charge is 2.23. The van der Waals surface area contributed by atoms with E-state index in [-0.39, 0.29) is 0 Å². The summed E-state index contributed by atoms with van der Waals surface area (Å²) in [6.45, 7) is 8.74. The van der Waals surface area contributed by atoms with E-state index in [0.717, 1.165) is 38.5 Å². The van der Waals surface area contributed by atoms with Gasteiger partial charge in [0.15, 0.2) is 0 Å². The first-order valence-electron chi connectivity index (χ1n) is 19.0. The van der Waals surface area contributed by atoms with Crippen LogP contribution in [0.2, 0.25) is 0 Å². The SMILES string of the molecule is C/C=C\c1c(C)c(C)c(/C=C\CC)n1-c1ccc(Cc2ccc(-c3ccc(-c4ccc(-n5c6c(c7c5C=CCC7)CCC=C6)cc4)cc3)cc2)cc1. The van der Waals surface area contributed by atoms with Crippen molar-refractivity contribution in [2.45, 2.75) is 66.2 Å². The Morgan fingerprint density at radius 1 is 0.538 bits per heavy atom. The van der Waals surface area contributed by atoms with Crippen LogP contribution in [0.3, 0.4) is 0 Å². The highest BCUT2D eigenvalue weighted by atomic mass is 15.0. The van der Waals surface area contributed by atoms with Crippen molar-refractivity contribution >= 4 is 24.3 Å². The average Bonchev–Trinajstić information content (AvgIpc) is 3.65. The van der Waals surface area contributed by atoms with E-state index in [0.29, 0.717) is 0 Å². The maximum absolute atomic E-state index is 2.47. The smallest absolute Gasteiger partial charge is 0.0494 e. The summed E-state index contributed by atoms with van der Waals surface area (Å²) in [4.78, 5) is 0. The van der Waals surface area contributed by atoms with Crippen LogP contribution in [-0.2, 0) is 19.3 Å². The van der Waals surface area contributed by atoms with Crippen molar-refractivity contribution in [1.29, 1.82) is 0 Å². The molecule has 0 N–H and O–H groups in total. The Balaban J connectivity index is 0.962. The molecule has 6 aromatic rings. The summed E-state index contributed by atoms with van der Waals surface area (Å²) in [5.74, 6) is 0. The normalized spacial score (nSPS) is 13.7. The third-order valence-corrected chi connectivity index (χ3v) is 11.0. The number of benzene rings is 4. The van der Waals surface area contributed by atoms with Gasteiger partial charge in [0, 0.05) is 34.2 Å². The Labute approximate surface area is 309 Å². The van der Waals surface area contributed by atoms with Crippen LogP contribution in [0, 0.1) is 13.8 Å². The van der Waals surface area contributed by atoms with Crippen molar-refractivity contribution in [1.82, 2.24) is 9.13 Å². The minimum absolute atomic E-state index is 0.907. The molecular formula is C50H48N2. The Bertz CT molecular complexity index is 2290. The van der Waals surface area contributed by atoms with Gasteiger partial charge in [-0.25, -0.2) is 0 Å². The van der Waals surface area contributed by atoms with E-state index < -0.39 is 0 Å². The van der Waals surface area contributed by atoms with E-state index in [1.807, 2.05) is 0 Å². The molecule has 2 aliphatic rings. The van der Waals surface area contributed by atoms with Gasteiger partial charge < -0.3 is 9.13 Å². The first-order valence-corrected chi connectivity index (χ1v) is 19.0. The minimum atomic E-state index is 0.907. The van der Waals surface area contributed by atoms with Gasteiger partial charge >= 0.3 is 0 Å². The van der Waals surface area contributed by atoms with Gasteiger partial charge in [0.1, 0.15) is 0 Å². The Morgan fingerprint density at radius 3 is 1.46 bits per heavy atom. The van der Waals surface area contributed by atoms with Crippen LogP contribution >= 0.6 is 0 Å². The van der Waals surface area contributed by atoms with Crippen LogP contribution in [0.1, 0.15) is 89.3 Å². The molecule has 0 amide bonds. The fourth-order valence-corrected chi connectivity index (χ4v) is 8.13. The molecular weight excluding hydrogens is 629 g/mol. The van der Waals surface area contributed by atoms with Gasteiger partial charge in [0.2, 0.25) is 0 Å². The number of hydrogen-bond acceptors (Lipinski definition) is 0. The molecule has 0 atom stereocenters. The van der Waals surface area contributed by atoms with Gasteiger partial charge in [0.25, 0.3) is 0 Å². The molecule has 2 heterocycles. The van der Waals surface area contributed by atoms with Crippen molar-refractivity contribution in [3.63, 3.8) is 0 Å². The number of aromatic nitrogens is 2. The lowest BCUT2D eigenvalue weighted by Crippen LogP contribution is -2.02. The van der Waals surface area contributed by atoms with E-state index in [9.17, 15) is 0 Å². The van der Waals surface area contributed by atoms with Gasteiger partial charge in [-0.2, -0.15) is 0 Å². The third kappa shape index (κ3) is 6.28. The summed E-state index contributed by atoms with van der Waals surface area (Å²) in [6.07, 6.45) is 24.7. The molecule has 0 radical (unpaired) electrons. The fourth-order valence-electron chi connectivity index (χ4n) is 8.13. The van der Waals surface area contributed by atoms with Crippen molar-refractivity contribution in [3.8, 4) is 33.6 Å². The number of fused-ring (bicyclic) bond motifs is 3. The lowest BCUT2D eigenvalue weighted by molar-refractivity contribution is 0.922. The second-order valence-corrected chi connectivity index (χ2v) is 14.3. The molecule has 0 saturated carbocycles. The summed E-state index contributed by atoms with van der Waals surface area (Å²) in [6, 6.07) is 36.3. The molecule has 2 nitrogen and oxygen atoms in total. The highest BCUT2D eigenvalue weighted by Crippen LogP contribution is 2.36. The van der Waals surface area contributed by atoms with Crippen molar-refractivity contribution in [2.75, 3.05) is 0 Å². The minimum Gasteiger partial charge on any atom is -0.310 e. The summed E-state index contributed by atoms with van der Waals surface area (Å²) in [5, 5.41) is 0. The van der Waals surface area contributed by atoms with Crippen LogP contribution in [0.4, 0.5) is 0 Å². The van der Waals surface area contributed by atoms with Gasteiger partial charge in [-0.05, 0) is 164 Å². The first kappa shape index (κ1) is 33.5. The molecule has 2 heteroatoms. The van der Waals surface area contributed by atoms with Crippen LogP contribution in [0.5, 0.6) is 0 Å². The summed E-state index contributed by atoms with van der Waals surface area (Å²) in [7, 11) is 0. The van der Waals surface area contributed by atoms with Gasteiger partial charge in [-0.15, -0.1) is 0 Å². The van der Waals surface area contributed by atoms with E-state index in [4.69, 9.17) is 0 Å². The van der Waals surface area contributed by atoms with Crippen molar-refractivity contribution < 1.29 is 0 Å². The predicted molar refractivity (Wildman–Crippen MR) is 223 cm³/mol. The molecule has 0 bridgehead atoms. The number of hydrogen-bond donors (Lipinski definition) is 0. The van der Waals surface area contributed by atoms with Gasteiger partial charge in [0.05, 0.1) is 0 Å². The fraction of sp³-hybridized carbons (Fsp3) is 0.200. The van der Waals surface area contributed by atoms with Crippen LogP contribution in [-0.4, -0.2) is 9.13 Å². The first-order chi connectivity index (χ1) is 25.5. The maximum Gasteiger partial charge on any atom is 0.0494 e. The Kier molecular flexibility index (Phi) is 9.39. The molecule has 258 valence electrons. The largest absolute Gasteiger partial charge is 0.310 e. The average molecular weight is 677 g/mol. The molecule has 0 aliphatic heterocycles. The molecule has 0 fully saturated rings. The van der Waals surface area contributed by atoms with Crippen molar-refractivity contribution in [2.24, 2.45) is 0 Å². The zero-order valence-electron chi connectivity index (χ0n) is 31.0. The number of rotatable bonds is 9. The summed E-state index contributed by atoms with van der Waals surface area (Å²) < 4.78 is 4.86. The zero-order chi connectivity index (χ0) is 35.6. The molecule has 2 aromatic heterocycles. The molecule has 0 saturated heterocycles. The topological polar surface area (TPSA) is 9.86 Å². The number of nitrogens with zero attached hydrogens (tertiary/aromatic N) is 2. The molecule has 2 aliphatic carbocycles. The predicted octanol–water partition coefficient (Wildman–Crippen LogP) is 13.2. The van der Waals surface area contributed by atoms with Crippen LogP contribution in [0.15, 0.2) is 121 Å². The summed E-state index contributed by atoms with van der Waals surface area (Å²) >= 11 is 0. The van der Waals surface area contributed by atoms with E-state index in [1.165, 1.54) is 78.7 Å². The monoisotopic (exact) mass is 676 g/mol. The second-order valence-electron chi connectivity index (χ2n) is 14.3. The zero-order valence-corrected chi connectivity index (χ0v) is 31.0. The molecule has 0 spiro atoms. The third-order valence-electron chi connectivity index (χ3n) is 11.0. The van der Waals surface area contributed by atoms with E-state index in [1.54, 1.807) is 11.1 Å². The Hall–Kier alpha value is -5.60. The van der Waals surface area contributed by atoms with Gasteiger partial charge in [-0.1, -0.05) is 104 Å². The lowest BCUT2D eigenvalue weighted by Gasteiger charge is -2.14. The van der Waals surface area contributed by atoms with Crippen molar-refractivity contribution in [3.05, 3.63) is 178 Å². The highest BCUT2D eigenvalue weighted by molar-refractivity contribution is 5.73. The van der Waals surface area contributed by atoms with Crippen LogP contribution in [0.25, 0.3) is 57.9 Å². The standard InChI is InChI=1S/C50H48N2/c1-5-7-15-48-36(4)35(3)47(12-6-2)51(48)43-30-20-38(21-31-43)34-37-18-22-39(23-19-37)40-24-26-41(27-25-40)42-28-32-44(33-29-42)52-49-16-10-8-13-45(49)46-14-9-11-17-50(46)52/h6-7,10-12,15-33H,5,8-9,13-14,34H2,1-4H3/b12-6-,15-7-. The number of allylic oxidation sites excluding steroid dienone is 4. The van der Waals surface area contributed by atoms with E-state index in [2.05, 4.69) is 182 Å². The lowest BCUT2D eigenvalue weighted by atomic mass is 9.94. The van der Waals surface area contributed by atoms with Gasteiger partial charge in [-0.3, -0.25) is 0 Å². The van der Waals surface area contributed by atoms with Crippen LogP contribution < -0.4 is 0 Å². The second kappa shape index (κ2) is 14.6. The summed E-state index contributed by atoms with van der Waals surface area (Å²) in [5.41, 5.74) is 21.1. The molecule has 0 unspecified atom stereocenters. The molecule has 8 rings (SSSR count). The molecule has 52 heavy (non-hydrogen) atoms.